The Morgan fingerprint density at radius 2 is 1.65 bits per heavy atom. The molecule has 0 spiro atoms. The number of anilines is 5. The molecule has 0 amide bonds. The minimum absolute atomic E-state index is 0.232. The number of aromatic nitrogens is 2. The predicted octanol–water partition coefficient (Wildman–Crippen LogP) is 4.53. The standard InChI is InChI=1S/C22H33BrN8/c1-13(2)30-19-20(25-17-9-5-15(23)6-10-17)27-22(26-18-11-7-16(24)8-12-18)28-21(19)31(29-30)14(3)4/h5-6,9-10,13-14,16,18,29H,7-8,11-12,24H2,1-4H3,(H2,25,26,27,28). The Morgan fingerprint density at radius 3 is 2.26 bits per heavy atom. The molecule has 0 radical (unpaired) electrons. The zero-order valence-electron chi connectivity index (χ0n) is 18.7. The average Bonchev–Trinajstić information content (AvgIpc) is 3.12. The van der Waals surface area contributed by atoms with E-state index in [1.807, 2.05) is 24.3 Å². The number of nitrogens with two attached hydrogens (primary N) is 1. The van der Waals surface area contributed by atoms with Crippen LogP contribution in [0.3, 0.4) is 0 Å². The van der Waals surface area contributed by atoms with Crippen LogP contribution in [0.15, 0.2) is 28.7 Å². The monoisotopic (exact) mass is 488 g/mol. The van der Waals surface area contributed by atoms with Crippen molar-refractivity contribution in [3.8, 4) is 0 Å². The lowest BCUT2D eigenvalue weighted by Gasteiger charge is -2.27. The molecule has 1 aliphatic carbocycles. The van der Waals surface area contributed by atoms with E-state index in [2.05, 4.69) is 69.8 Å². The summed E-state index contributed by atoms with van der Waals surface area (Å²) in [6.07, 6.45) is 4.16. The topological polar surface area (TPSA) is 94.4 Å². The van der Waals surface area contributed by atoms with Gasteiger partial charge in [-0.3, -0.25) is 10.0 Å². The quantitative estimate of drug-likeness (QED) is 0.471. The van der Waals surface area contributed by atoms with E-state index in [9.17, 15) is 0 Å². The molecular formula is C22H33BrN8. The molecule has 168 valence electrons. The summed E-state index contributed by atoms with van der Waals surface area (Å²) in [5.74, 6) is 2.32. The molecule has 1 aliphatic heterocycles. The molecule has 0 unspecified atom stereocenters. The molecule has 0 bridgehead atoms. The Hall–Kier alpha value is -2.10. The smallest absolute Gasteiger partial charge is 0.227 e. The van der Waals surface area contributed by atoms with Crippen LogP contribution in [0.2, 0.25) is 0 Å². The number of nitrogens with zero attached hydrogens (tertiary/aromatic N) is 4. The number of rotatable bonds is 6. The first-order valence-electron chi connectivity index (χ1n) is 11.1. The van der Waals surface area contributed by atoms with Crippen molar-refractivity contribution < 1.29 is 0 Å². The van der Waals surface area contributed by atoms with Crippen LogP contribution in [0.1, 0.15) is 53.4 Å². The number of hydrogen-bond acceptors (Lipinski definition) is 8. The third kappa shape index (κ3) is 4.88. The zero-order chi connectivity index (χ0) is 22.1. The number of hydrogen-bond donors (Lipinski definition) is 4. The highest BCUT2D eigenvalue weighted by molar-refractivity contribution is 9.10. The maximum absolute atomic E-state index is 6.09. The van der Waals surface area contributed by atoms with E-state index in [0.717, 1.165) is 53.2 Å². The first-order valence-corrected chi connectivity index (χ1v) is 11.9. The summed E-state index contributed by atoms with van der Waals surface area (Å²) in [7, 11) is 0. The Labute approximate surface area is 193 Å². The Balaban J connectivity index is 1.72. The van der Waals surface area contributed by atoms with E-state index in [1.54, 1.807) is 0 Å². The molecule has 2 heterocycles. The summed E-state index contributed by atoms with van der Waals surface area (Å²) in [6.45, 7) is 8.61. The molecule has 4 rings (SSSR count). The number of nitrogens with one attached hydrogen (secondary N) is 3. The molecule has 1 aromatic carbocycles. The van der Waals surface area contributed by atoms with Crippen molar-refractivity contribution in [1.29, 1.82) is 0 Å². The SMILES string of the molecule is CC(C)N1NN(C(C)C)c2c(Nc3ccc(Br)cc3)nc(NC3CCC(N)CC3)nc21. The van der Waals surface area contributed by atoms with Crippen molar-refractivity contribution in [2.45, 2.75) is 77.5 Å². The fraction of sp³-hybridized carbons (Fsp3) is 0.545. The van der Waals surface area contributed by atoms with Crippen molar-refractivity contribution in [3.63, 3.8) is 0 Å². The second-order valence-corrected chi connectivity index (χ2v) is 9.90. The van der Waals surface area contributed by atoms with Gasteiger partial charge in [-0.15, -0.1) is 5.53 Å². The Bertz CT molecular complexity index is 893. The van der Waals surface area contributed by atoms with Gasteiger partial charge in [0, 0.05) is 34.3 Å². The second kappa shape index (κ2) is 9.18. The Morgan fingerprint density at radius 1 is 1.00 bits per heavy atom. The van der Waals surface area contributed by atoms with Gasteiger partial charge in [0.1, 0.15) is 5.69 Å². The largest absolute Gasteiger partial charge is 0.351 e. The van der Waals surface area contributed by atoms with Gasteiger partial charge in [-0.1, -0.05) is 15.9 Å². The highest BCUT2D eigenvalue weighted by atomic mass is 79.9. The van der Waals surface area contributed by atoms with Gasteiger partial charge in [0.2, 0.25) is 5.95 Å². The van der Waals surface area contributed by atoms with Gasteiger partial charge in [-0.05, 0) is 77.6 Å². The number of hydrazine groups is 2. The van der Waals surface area contributed by atoms with Crippen molar-refractivity contribution in [2.75, 3.05) is 20.7 Å². The molecule has 31 heavy (non-hydrogen) atoms. The molecule has 0 atom stereocenters. The van der Waals surface area contributed by atoms with E-state index in [4.69, 9.17) is 15.7 Å². The molecule has 5 N–H and O–H groups in total. The highest BCUT2D eigenvalue weighted by Crippen LogP contribution is 2.41. The summed E-state index contributed by atoms with van der Waals surface area (Å²) in [5.41, 5.74) is 11.5. The van der Waals surface area contributed by atoms with Crippen LogP contribution in [0.4, 0.5) is 29.0 Å². The van der Waals surface area contributed by atoms with Crippen molar-refractivity contribution >= 4 is 44.9 Å². The van der Waals surface area contributed by atoms with Crippen LogP contribution in [0.5, 0.6) is 0 Å². The molecule has 2 aromatic rings. The first-order chi connectivity index (χ1) is 14.8. The maximum atomic E-state index is 6.09. The third-order valence-corrected chi connectivity index (χ3v) is 6.32. The van der Waals surface area contributed by atoms with Crippen LogP contribution >= 0.6 is 15.9 Å². The summed E-state index contributed by atoms with van der Waals surface area (Å²) >= 11 is 3.51. The van der Waals surface area contributed by atoms with Gasteiger partial charge < -0.3 is 16.4 Å². The van der Waals surface area contributed by atoms with Crippen LogP contribution in [0, 0.1) is 0 Å². The van der Waals surface area contributed by atoms with Crippen LogP contribution in [-0.4, -0.2) is 34.1 Å². The number of fused-ring (bicyclic) bond motifs is 1. The summed E-state index contributed by atoms with van der Waals surface area (Å²) < 4.78 is 1.04. The van der Waals surface area contributed by atoms with Crippen molar-refractivity contribution in [2.24, 2.45) is 5.73 Å². The van der Waals surface area contributed by atoms with Crippen LogP contribution in [-0.2, 0) is 0 Å². The minimum Gasteiger partial charge on any atom is -0.351 e. The van der Waals surface area contributed by atoms with Gasteiger partial charge in [0.05, 0.1) is 0 Å². The molecule has 8 nitrogen and oxygen atoms in total. The maximum Gasteiger partial charge on any atom is 0.227 e. The van der Waals surface area contributed by atoms with E-state index < -0.39 is 0 Å². The predicted molar refractivity (Wildman–Crippen MR) is 132 cm³/mol. The number of benzene rings is 1. The Kier molecular flexibility index (Phi) is 6.55. The lowest BCUT2D eigenvalue weighted by atomic mass is 9.92. The molecular weight excluding hydrogens is 456 g/mol. The number of halogens is 1. The molecule has 1 fully saturated rings. The summed E-state index contributed by atoms with van der Waals surface area (Å²) in [4.78, 5) is 9.86. The molecule has 2 aliphatic rings. The molecule has 1 saturated carbocycles. The lowest BCUT2D eigenvalue weighted by Crippen LogP contribution is -2.50. The fourth-order valence-corrected chi connectivity index (χ4v) is 4.31. The van der Waals surface area contributed by atoms with Crippen LogP contribution in [0.25, 0.3) is 0 Å². The van der Waals surface area contributed by atoms with Gasteiger partial charge in [0.25, 0.3) is 0 Å². The first kappa shape index (κ1) is 22.1. The molecule has 1 aromatic heterocycles. The fourth-order valence-electron chi connectivity index (χ4n) is 4.05. The van der Waals surface area contributed by atoms with E-state index in [0.29, 0.717) is 18.0 Å². The second-order valence-electron chi connectivity index (χ2n) is 8.98. The molecule has 0 saturated heterocycles. The average molecular weight is 489 g/mol. The van der Waals surface area contributed by atoms with E-state index >= 15 is 0 Å². The third-order valence-electron chi connectivity index (χ3n) is 5.79. The van der Waals surface area contributed by atoms with Crippen molar-refractivity contribution in [1.82, 2.24) is 15.5 Å². The zero-order valence-corrected chi connectivity index (χ0v) is 20.3. The van der Waals surface area contributed by atoms with Gasteiger partial charge in [0.15, 0.2) is 11.6 Å². The lowest BCUT2D eigenvalue weighted by molar-refractivity contribution is 0.410. The van der Waals surface area contributed by atoms with Gasteiger partial charge in [-0.2, -0.15) is 9.97 Å². The summed E-state index contributed by atoms with van der Waals surface area (Å²) in [6, 6.07) is 9.25. The minimum atomic E-state index is 0.232. The van der Waals surface area contributed by atoms with E-state index in [-0.39, 0.29) is 12.1 Å². The normalized spacial score (nSPS) is 21.0. The molecule has 9 heteroatoms. The van der Waals surface area contributed by atoms with Crippen molar-refractivity contribution in [3.05, 3.63) is 28.7 Å². The van der Waals surface area contributed by atoms with Crippen LogP contribution < -0.4 is 31.9 Å². The van der Waals surface area contributed by atoms with Gasteiger partial charge in [-0.25, -0.2) is 0 Å². The van der Waals surface area contributed by atoms with E-state index in [1.165, 1.54) is 0 Å². The summed E-state index contributed by atoms with van der Waals surface area (Å²) in [5, 5.41) is 11.3. The van der Waals surface area contributed by atoms with Gasteiger partial charge >= 0.3 is 0 Å². The highest BCUT2D eigenvalue weighted by Gasteiger charge is 2.35.